The zero-order valence-corrected chi connectivity index (χ0v) is 21.6. The number of nitriles is 1. The third kappa shape index (κ3) is 6.69. The summed E-state index contributed by atoms with van der Waals surface area (Å²) in [4.78, 5) is 13.2. The molecule has 0 spiro atoms. The van der Waals surface area contributed by atoms with Crippen molar-refractivity contribution >= 4 is 5.91 Å². The SMILES string of the molecule is N#Cc1cccc(C[CH]c2ccc(-c3cccc(C(=O)NCC(c4ccccc4)c4ccccc4)c3)cc2)c1. The Morgan fingerprint density at radius 1 is 0.718 bits per heavy atom. The molecule has 0 bridgehead atoms. The molecule has 0 saturated heterocycles. The van der Waals surface area contributed by atoms with Crippen molar-refractivity contribution in [3.05, 3.63) is 173 Å². The van der Waals surface area contributed by atoms with E-state index in [1.54, 1.807) is 0 Å². The van der Waals surface area contributed by atoms with Gasteiger partial charge in [-0.3, -0.25) is 4.79 Å². The van der Waals surface area contributed by atoms with Crippen LogP contribution in [0.15, 0.2) is 133 Å². The van der Waals surface area contributed by atoms with Crippen molar-refractivity contribution in [2.45, 2.75) is 12.3 Å². The Hall–Kier alpha value is -4.94. The molecule has 0 heterocycles. The largest absolute Gasteiger partial charge is 0.351 e. The van der Waals surface area contributed by atoms with E-state index in [2.05, 4.69) is 66.3 Å². The van der Waals surface area contributed by atoms with Gasteiger partial charge in [0.2, 0.25) is 0 Å². The fourth-order valence-corrected chi connectivity index (χ4v) is 4.75. The topological polar surface area (TPSA) is 52.9 Å². The monoisotopic (exact) mass is 505 g/mol. The normalized spacial score (nSPS) is 10.7. The van der Waals surface area contributed by atoms with E-state index in [-0.39, 0.29) is 11.8 Å². The molecule has 0 fully saturated rings. The van der Waals surface area contributed by atoms with Gasteiger partial charge in [-0.05, 0) is 70.5 Å². The van der Waals surface area contributed by atoms with Gasteiger partial charge in [0.05, 0.1) is 11.6 Å². The number of nitrogens with zero attached hydrogens (tertiary/aromatic N) is 1. The van der Waals surface area contributed by atoms with Crippen LogP contribution in [0.3, 0.4) is 0 Å². The second-order valence-corrected chi connectivity index (χ2v) is 9.51. The van der Waals surface area contributed by atoms with Crippen LogP contribution in [0.4, 0.5) is 0 Å². The predicted octanol–water partition coefficient (Wildman–Crippen LogP) is 7.58. The molecule has 3 nitrogen and oxygen atoms in total. The summed E-state index contributed by atoms with van der Waals surface area (Å²) in [5, 5.41) is 12.3. The van der Waals surface area contributed by atoms with Gasteiger partial charge < -0.3 is 5.32 Å². The third-order valence-corrected chi connectivity index (χ3v) is 6.87. The zero-order chi connectivity index (χ0) is 26.9. The highest BCUT2D eigenvalue weighted by Crippen LogP contribution is 2.25. The van der Waals surface area contributed by atoms with Gasteiger partial charge in [-0.25, -0.2) is 0 Å². The van der Waals surface area contributed by atoms with E-state index in [4.69, 9.17) is 5.26 Å². The number of nitrogens with one attached hydrogen (secondary N) is 1. The number of rotatable bonds is 9. The highest BCUT2D eigenvalue weighted by Gasteiger charge is 2.16. The first kappa shape index (κ1) is 25.7. The molecular formula is C36H29N2O. The molecule has 5 aromatic rings. The molecule has 5 aromatic carbocycles. The van der Waals surface area contributed by atoms with Crippen LogP contribution < -0.4 is 5.32 Å². The number of carbonyl (C=O) groups is 1. The summed E-state index contributed by atoms with van der Waals surface area (Å²) in [6.45, 7) is 0.513. The van der Waals surface area contributed by atoms with Crippen molar-refractivity contribution in [2.75, 3.05) is 6.54 Å². The number of benzene rings is 5. The maximum Gasteiger partial charge on any atom is 0.251 e. The lowest BCUT2D eigenvalue weighted by molar-refractivity contribution is 0.0952. The van der Waals surface area contributed by atoms with Crippen molar-refractivity contribution in [3.63, 3.8) is 0 Å². The Kier molecular flexibility index (Phi) is 8.26. The first-order chi connectivity index (χ1) is 19.2. The smallest absolute Gasteiger partial charge is 0.251 e. The van der Waals surface area contributed by atoms with Crippen LogP contribution in [0.25, 0.3) is 11.1 Å². The van der Waals surface area contributed by atoms with E-state index in [0.29, 0.717) is 17.7 Å². The van der Waals surface area contributed by atoms with Crippen LogP contribution in [0.5, 0.6) is 0 Å². The average Bonchev–Trinajstić information content (AvgIpc) is 3.01. The van der Waals surface area contributed by atoms with Gasteiger partial charge in [0, 0.05) is 18.0 Å². The molecule has 189 valence electrons. The Bertz CT molecular complexity index is 1530. The van der Waals surface area contributed by atoms with Crippen LogP contribution in [-0.2, 0) is 6.42 Å². The minimum atomic E-state index is -0.0849. The Morgan fingerprint density at radius 3 is 2.05 bits per heavy atom. The highest BCUT2D eigenvalue weighted by molar-refractivity contribution is 5.95. The number of carbonyl (C=O) groups excluding carboxylic acids is 1. The van der Waals surface area contributed by atoms with E-state index in [1.807, 2.05) is 84.9 Å². The summed E-state index contributed by atoms with van der Waals surface area (Å²) in [7, 11) is 0. The van der Waals surface area contributed by atoms with Crippen LogP contribution in [0.1, 0.15) is 44.1 Å². The fraction of sp³-hybridized carbons (Fsp3) is 0.0833. The molecule has 0 saturated carbocycles. The van der Waals surface area contributed by atoms with Crippen LogP contribution >= 0.6 is 0 Å². The summed E-state index contributed by atoms with van der Waals surface area (Å²) in [5.74, 6) is -0.0102. The van der Waals surface area contributed by atoms with E-state index in [9.17, 15) is 4.79 Å². The summed E-state index contributed by atoms with van der Waals surface area (Å²) >= 11 is 0. The first-order valence-corrected chi connectivity index (χ1v) is 13.1. The quantitative estimate of drug-likeness (QED) is 0.224. The van der Waals surface area contributed by atoms with E-state index < -0.39 is 0 Å². The first-order valence-electron chi connectivity index (χ1n) is 13.1. The molecular weight excluding hydrogens is 476 g/mol. The molecule has 1 amide bonds. The van der Waals surface area contributed by atoms with Gasteiger partial charge in [0.15, 0.2) is 0 Å². The maximum absolute atomic E-state index is 13.2. The summed E-state index contributed by atoms with van der Waals surface area (Å²) in [6, 6.07) is 46.5. The lowest BCUT2D eigenvalue weighted by Crippen LogP contribution is -2.29. The molecule has 5 rings (SSSR count). The van der Waals surface area contributed by atoms with Crippen molar-refractivity contribution in [3.8, 4) is 17.2 Å². The van der Waals surface area contributed by atoms with E-state index in [0.717, 1.165) is 28.7 Å². The van der Waals surface area contributed by atoms with Crippen molar-refractivity contribution < 1.29 is 4.79 Å². The standard InChI is InChI=1S/C36H29N2O/c37-25-29-10-7-9-28(23-29)18-17-27-19-21-30(22-20-27)33-15-8-16-34(24-33)36(39)38-26-35(31-11-3-1-4-12-31)32-13-5-2-6-14-32/h1-17,19-24,35H,18,26H2,(H,38,39). The molecule has 0 aliphatic rings. The van der Waals surface area contributed by atoms with E-state index >= 15 is 0 Å². The predicted molar refractivity (Wildman–Crippen MR) is 157 cm³/mol. The van der Waals surface area contributed by atoms with Gasteiger partial charge in [-0.1, -0.05) is 109 Å². The number of hydrogen-bond acceptors (Lipinski definition) is 2. The van der Waals surface area contributed by atoms with Crippen LogP contribution in [0.2, 0.25) is 0 Å². The molecule has 0 unspecified atom stereocenters. The maximum atomic E-state index is 13.2. The van der Waals surface area contributed by atoms with Crippen molar-refractivity contribution in [2.24, 2.45) is 0 Å². The molecule has 0 atom stereocenters. The lowest BCUT2D eigenvalue weighted by atomic mass is 9.91. The lowest BCUT2D eigenvalue weighted by Gasteiger charge is -2.19. The molecule has 3 heteroatoms. The number of hydrogen-bond donors (Lipinski definition) is 1. The van der Waals surface area contributed by atoms with Crippen molar-refractivity contribution in [1.29, 1.82) is 5.26 Å². The Labute approximate surface area is 230 Å². The van der Waals surface area contributed by atoms with Gasteiger partial charge in [-0.15, -0.1) is 0 Å². The minimum absolute atomic E-state index is 0.0747. The third-order valence-electron chi connectivity index (χ3n) is 6.87. The summed E-state index contributed by atoms with van der Waals surface area (Å²) in [6.07, 6.45) is 2.91. The minimum Gasteiger partial charge on any atom is -0.351 e. The fourth-order valence-electron chi connectivity index (χ4n) is 4.75. The summed E-state index contributed by atoms with van der Waals surface area (Å²) in [5.41, 5.74) is 7.94. The molecule has 1 radical (unpaired) electrons. The van der Waals surface area contributed by atoms with E-state index in [1.165, 1.54) is 11.1 Å². The number of amides is 1. The summed E-state index contributed by atoms with van der Waals surface area (Å²) < 4.78 is 0. The van der Waals surface area contributed by atoms with Crippen LogP contribution in [-0.4, -0.2) is 12.5 Å². The highest BCUT2D eigenvalue weighted by atomic mass is 16.1. The second-order valence-electron chi connectivity index (χ2n) is 9.51. The van der Waals surface area contributed by atoms with Gasteiger partial charge in [0.1, 0.15) is 0 Å². The van der Waals surface area contributed by atoms with Gasteiger partial charge >= 0.3 is 0 Å². The molecule has 0 aliphatic heterocycles. The Balaban J connectivity index is 1.25. The van der Waals surface area contributed by atoms with Gasteiger partial charge in [0.25, 0.3) is 5.91 Å². The average molecular weight is 506 g/mol. The Morgan fingerprint density at radius 2 is 1.38 bits per heavy atom. The molecule has 0 aromatic heterocycles. The second kappa shape index (κ2) is 12.5. The van der Waals surface area contributed by atoms with Gasteiger partial charge in [-0.2, -0.15) is 5.26 Å². The zero-order valence-electron chi connectivity index (χ0n) is 21.6. The molecule has 1 N–H and O–H groups in total. The molecule has 39 heavy (non-hydrogen) atoms. The van der Waals surface area contributed by atoms with Crippen molar-refractivity contribution in [1.82, 2.24) is 5.32 Å². The molecule has 0 aliphatic carbocycles. The van der Waals surface area contributed by atoms with Crippen LogP contribution in [0, 0.1) is 17.8 Å².